The average molecular weight is 500 g/mol. The molecular weight excluding hydrogens is 474 g/mol. The third-order valence-corrected chi connectivity index (χ3v) is 7.15. The molecule has 1 aliphatic heterocycles. The average Bonchev–Trinajstić information content (AvgIpc) is 3.53. The molecule has 0 bridgehead atoms. The molecule has 3 heterocycles. The predicted molar refractivity (Wildman–Crippen MR) is 130 cm³/mol. The lowest BCUT2D eigenvalue weighted by atomic mass is 9.95. The molecule has 2 amide bonds. The van der Waals surface area contributed by atoms with E-state index in [1.807, 2.05) is 22.8 Å². The number of nitrogens with one attached hydrogen (secondary N) is 2. The zero-order valence-electron chi connectivity index (χ0n) is 18.8. The third kappa shape index (κ3) is 5.60. The fourth-order valence-electron chi connectivity index (χ4n) is 3.56. The van der Waals surface area contributed by atoms with E-state index >= 15 is 0 Å². The molecule has 1 aliphatic rings. The molecule has 3 aromatic rings. The number of methoxy groups -OCH3 is 1. The van der Waals surface area contributed by atoms with E-state index in [0.717, 1.165) is 18.5 Å². The molecular formula is C23H25N5O4S2. The first-order valence-corrected chi connectivity index (χ1v) is 12.6. The van der Waals surface area contributed by atoms with Gasteiger partial charge in [-0.05, 0) is 42.5 Å². The van der Waals surface area contributed by atoms with Crippen molar-refractivity contribution in [1.29, 1.82) is 0 Å². The number of urea groups is 1. The number of aromatic nitrogens is 3. The van der Waals surface area contributed by atoms with Gasteiger partial charge < -0.3 is 24.7 Å². The van der Waals surface area contributed by atoms with Crippen molar-refractivity contribution in [3.63, 3.8) is 0 Å². The molecule has 0 fully saturated rings. The third-order valence-electron chi connectivity index (χ3n) is 5.20. The maximum absolute atomic E-state index is 12.9. The Morgan fingerprint density at radius 1 is 1.26 bits per heavy atom. The Bertz CT molecular complexity index is 1160. The molecule has 178 valence electrons. The van der Waals surface area contributed by atoms with E-state index < -0.39 is 12.0 Å². The number of benzene rings is 1. The van der Waals surface area contributed by atoms with Crippen molar-refractivity contribution in [2.45, 2.75) is 31.1 Å². The minimum atomic E-state index is -0.647. The topological polar surface area (TPSA) is 107 Å². The van der Waals surface area contributed by atoms with Gasteiger partial charge in [0.05, 0.1) is 25.3 Å². The molecule has 0 saturated heterocycles. The molecule has 9 nitrogen and oxygen atoms in total. The van der Waals surface area contributed by atoms with Crippen LogP contribution in [0.5, 0.6) is 5.75 Å². The van der Waals surface area contributed by atoms with E-state index in [1.165, 1.54) is 16.6 Å². The number of thioether (sulfide) groups is 1. The summed E-state index contributed by atoms with van der Waals surface area (Å²) in [6, 6.07) is 10.3. The summed E-state index contributed by atoms with van der Waals surface area (Å²) in [5.74, 6) is 0.528. The Kier molecular flexibility index (Phi) is 7.86. The zero-order valence-corrected chi connectivity index (χ0v) is 20.4. The normalized spacial score (nSPS) is 15.6. The number of carbonyl (C=O) groups is 2. The van der Waals surface area contributed by atoms with Gasteiger partial charge in [0.25, 0.3) is 0 Å². The lowest BCUT2D eigenvalue weighted by Crippen LogP contribution is -2.46. The highest BCUT2D eigenvalue weighted by Gasteiger charge is 2.33. The summed E-state index contributed by atoms with van der Waals surface area (Å²) in [5, 5.41) is 16.7. The fourth-order valence-corrected chi connectivity index (χ4v) is 5.17. The first-order valence-electron chi connectivity index (χ1n) is 10.7. The fraction of sp³-hybridized carbons (Fsp3) is 0.304. The first-order chi connectivity index (χ1) is 16.6. The highest BCUT2D eigenvalue weighted by atomic mass is 32.2. The van der Waals surface area contributed by atoms with Crippen LogP contribution in [0.2, 0.25) is 0 Å². The molecule has 34 heavy (non-hydrogen) atoms. The van der Waals surface area contributed by atoms with Crippen LogP contribution in [0.3, 0.4) is 0 Å². The van der Waals surface area contributed by atoms with Crippen LogP contribution in [0.1, 0.15) is 23.4 Å². The first kappa shape index (κ1) is 23.8. The Morgan fingerprint density at radius 3 is 2.79 bits per heavy atom. The summed E-state index contributed by atoms with van der Waals surface area (Å²) in [7, 11) is 1.58. The number of hydrogen-bond acceptors (Lipinski definition) is 8. The molecule has 1 atom stereocenters. The maximum Gasteiger partial charge on any atom is 0.338 e. The highest BCUT2D eigenvalue weighted by molar-refractivity contribution is 7.99. The quantitative estimate of drug-likeness (QED) is 0.324. The number of amides is 2. The van der Waals surface area contributed by atoms with Crippen LogP contribution in [0, 0.1) is 0 Å². The van der Waals surface area contributed by atoms with Crippen LogP contribution in [0.4, 0.5) is 4.79 Å². The monoisotopic (exact) mass is 499 g/mol. The Labute approximate surface area is 205 Å². The Hall–Kier alpha value is -3.31. The predicted octanol–water partition coefficient (Wildman–Crippen LogP) is 3.55. The number of aryl methyl sites for hydroxylation is 2. The lowest BCUT2D eigenvalue weighted by molar-refractivity contribution is -0.139. The van der Waals surface area contributed by atoms with Crippen LogP contribution >= 0.6 is 23.1 Å². The van der Waals surface area contributed by atoms with Crippen molar-refractivity contribution >= 4 is 35.1 Å². The van der Waals surface area contributed by atoms with Gasteiger partial charge in [0.15, 0.2) is 5.16 Å². The minimum absolute atomic E-state index is 0.225. The molecule has 0 spiro atoms. The van der Waals surface area contributed by atoms with Gasteiger partial charge in [0, 0.05) is 22.9 Å². The van der Waals surface area contributed by atoms with E-state index in [-0.39, 0.29) is 12.6 Å². The largest absolute Gasteiger partial charge is 0.497 e. The van der Waals surface area contributed by atoms with E-state index in [1.54, 1.807) is 43.8 Å². The summed E-state index contributed by atoms with van der Waals surface area (Å²) in [4.78, 5) is 26.7. The van der Waals surface area contributed by atoms with Crippen molar-refractivity contribution < 1.29 is 19.1 Å². The molecule has 0 saturated carbocycles. The van der Waals surface area contributed by atoms with Gasteiger partial charge in [-0.25, -0.2) is 9.59 Å². The van der Waals surface area contributed by atoms with E-state index in [9.17, 15) is 9.59 Å². The van der Waals surface area contributed by atoms with Crippen LogP contribution < -0.4 is 15.4 Å². The molecule has 4 rings (SSSR count). The number of esters is 1. The number of hydrogen-bond donors (Lipinski definition) is 2. The van der Waals surface area contributed by atoms with Crippen LogP contribution in [0.25, 0.3) is 0 Å². The second-order valence-corrected chi connectivity index (χ2v) is 9.32. The second-order valence-electron chi connectivity index (χ2n) is 7.34. The molecule has 1 aromatic carbocycles. The summed E-state index contributed by atoms with van der Waals surface area (Å²) < 4.78 is 12.5. The van der Waals surface area contributed by atoms with Crippen LogP contribution in [-0.4, -0.2) is 46.2 Å². The molecule has 11 heteroatoms. The Balaban J connectivity index is 1.57. The lowest BCUT2D eigenvalue weighted by Gasteiger charge is -2.29. The molecule has 1 unspecified atom stereocenters. The van der Waals surface area contributed by atoms with E-state index in [0.29, 0.717) is 27.9 Å². The molecule has 2 N–H and O–H groups in total. The van der Waals surface area contributed by atoms with Crippen molar-refractivity contribution in [1.82, 2.24) is 25.4 Å². The smallest absolute Gasteiger partial charge is 0.338 e. The van der Waals surface area contributed by atoms with Gasteiger partial charge in [0.1, 0.15) is 12.1 Å². The zero-order chi connectivity index (χ0) is 23.9. The number of ether oxygens (including phenoxy) is 2. The van der Waals surface area contributed by atoms with Crippen LogP contribution in [0.15, 0.2) is 64.5 Å². The highest BCUT2D eigenvalue weighted by Crippen LogP contribution is 2.31. The number of carbonyl (C=O) groups excluding carboxylic acids is 2. The number of nitrogens with zero attached hydrogens (tertiary/aromatic N) is 3. The summed E-state index contributed by atoms with van der Waals surface area (Å²) in [6.07, 6.45) is 2.57. The standard InChI is InChI=1S/C23H25N5O4S2/c1-3-32-21(29)19-18(25-22(30)26-20(19)15-6-8-16(31-2)9-7-15)13-34-23-27-24-14-28(23)11-10-17-5-4-12-33-17/h4-9,12,14,20H,3,10-11,13H2,1-2H3,(H2,25,26,30). The van der Waals surface area contributed by atoms with E-state index in [2.05, 4.69) is 32.3 Å². The summed E-state index contributed by atoms with van der Waals surface area (Å²) >= 11 is 3.12. The van der Waals surface area contributed by atoms with Crippen molar-refractivity contribution in [3.8, 4) is 5.75 Å². The second kappa shape index (κ2) is 11.2. The SMILES string of the molecule is CCOC(=O)C1=C(CSc2nncn2CCc2cccs2)NC(=O)NC1c1ccc(OC)cc1. The minimum Gasteiger partial charge on any atom is -0.497 e. The summed E-state index contributed by atoms with van der Waals surface area (Å²) in [6.45, 7) is 2.71. The van der Waals surface area contributed by atoms with Gasteiger partial charge in [-0.15, -0.1) is 21.5 Å². The summed E-state index contributed by atoms with van der Waals surface area (Å²) in [5.41, 5.74) is 1.60. The molecule has 2 aromatic heterocycles. The van der Waals surface area contributed by atoms with Gasteiger partial charge in [-0.1, -0.05) is 30.0 Å². The van der Waals surface area contributed by atoms with Gasteiger partial charge in [0.2, 0.25) is 0 Å². The maximum atomic E-state index is 12.9. The van der Waals surface area contributed by atoms with Gasteiger partial charge in [-0.2, -0.15) is 0 Å². The Morgan fingerprint density at radius 2 is 2.09 bits per heavy atom. The molecule has 0 radical (unpaired) electrons. The van der Waals surface area contributed by atoms with Gasteiger partial charge in [-0.3, -0.25) is 0 Å². The van der Waals surface area contributed by atoms with Crippen LogP contribution in [-0.2, 0) is 22.5 Å². The number of rotatable bonds is 10. The molecule has 0 aliphatic carbocycles. The van der Waals surface area contributed by atoms with Crippen molar-refractivity contribution in [2.75, 3.05) is 19.5 Å². The van der Waals surface area contributed by atoms with E-state index in [4.69, 9.17) is 9.47 Å². The van der Waals surface area contributed by atoms with Crippen molar-refractivity contribution in [3.05, 3.63) is 69.8 Å². The van der Waals surface area contributed by atoms with Gasteiger partial charge >= 0.3 is 12.0 Å². The number of thiophene rings is 1. The van der Waals surface area contributed by atoms with Crippen molar-refractivity contribution in [2.24, 2.45) is 0 Å².